The summed E-state index contributed by atoms with van der Waals surface area (Å²) in [7, 11) is -9.92. The summed E-state index contributed by atoms with van der Waals surface area (Å²) in [6.07, 6.45) is 54.1. The fraction of sp³-hybridized carbons (Fsp3) is 0.949. The van der Waals surface area contributed by atoms with Crippen molar-refractivity contribution in [1.82, 2.24) is 0 Å². The molecule has 0 aliphatic carbocycles. The summed E-state index contributed by atoms with van der Waals surface area (Å²) in [5.74, 6) is 0.972. The molecule has 3 N–H and O–H groups in total. The van der Waals surface area contributed by atoms with E-state index in [4.69, 9.17) is 37.0 Å². The number of unbranched alkanes of at least 4 members (excludes halogenated alkanes) is 41. The molecule has 19 heteroatoms. The molecule has 0 aliphatic rings. The number of hydrogen-bond donors (Lipinski definition) is 3. The van der Waals surface area contributed by atoms with Gasteiger partial charge in [0.2, 0.25) is 0 Å². The van der Waals surface area contributed by atoms with Crippen molar-refractivity contribution in [1.29, 1.82) is 0 Å². The van der Waals surface area contributed by atoms with Crippen LogP contribution >= 0.6 is 15.6 Å². The summed E-state index contributed by atoms with van der Waals surface area (Å²) in [5.41, 5.74) is 0. The van der Waals surface area contributed by atoms with Crippen LogP contribution < -0.4 is 0 Å². The zero-order valence-corrected chi connectivity index (χ0v) is 66.2. The second-order valence-electron chi connectivity index (χ2n) is 30.1. The van der Waals surface area contributed by atoms with E-state index in [9.17, 15) is 43.2 Å². The summed E-state index contributed by atoms with van der Waals surface area (Å²) < 4.78 is 68.6. The van der Waals surface area contributed by atoms with Gasteiger partial charge in [0.1, 0.15) is 19.3 Å². The van der Waals surface area contributed by atoms with Crippen molar-refractivity contribution in [3.05, 3.63) is 0 Å². The van der Waals surface area contributed by atoms with Crippen molar-refractivity contribution in [3.63, 3.8) is 0 Å². The first kappa shape index (κ1) is 96.1. The minimum absolute atomic E-state index is 0.105. The van der Waals surface area contributed by atoms with Crippen molar-refractivity contribution in [2.24, 2.45) is 23.7 Å². The van der Waals surface area contributed by atoms with Crippen LogP contribution in [0, 0.1) is 23.7 Å². The molecule has 0 aromatic rings. The van der Waals surface area contributed by atoms with E-state index >= 15 is 0 Å². The molecule has 0 saturated carbocycles. The Labute approximate surface area is 600 Å². The zero-order chi connectivity index (χ0) is 72.4. The summed E-state index contributed by atoms with van der Waals surface area (Å²) in [5, 5.41) is 10.6. The summed E-state index contributed by atoms with van der Waals surface area (Å²) in [6, 6.07) is 0. The highest BCUT2D eigenvalue weighted by Crippen LogP contribution is 2.45. The standard InChI is InChI=1S/C79H154O17P2/c1-9-72(8)58-50-42-37-38-44-52-60-77(82)90-66-75(96-79(84)62-54-46-36-30-24-18-21-27-33-41-49-57-71(6)7)68-94-98(87,88)92-64-73(80)63-91-97(85,86)93-67-74(95-78(83)61-53-45-35-29-23-17-13-15-20-26-32-40-48-56-70(4)5)65-89-76(81)59-51-43-34-28-22-16-12-10-11-14-19-25-31-39-47-55-69(2)3/h69-75,80H,9-68H2,1-8H3,(H,85,86)(H,87,88)/t72?,73-,74-,75-/m1/s1. The average molecular weight is 1440 g/mol. The number of esters is 4. The van der Waals surface area contributed by atoms with Gasteiger partial charge in [-0.25, -0.2) is 9.13 Å². The van der Waals surface area contributed by atoms with Crippen LogP contribution in [0.1, 0.15) is 402 Å². The number of phosphoric acid groups is 2. The maximum absolute atomic E-state index is 13.1. The number of rotatable bonds is 76. The smallest absolute Gasteiger partial charge is 0.462 e. The lowest BCUT2D eigenvalue weighted by atomic mass is 10.00. The number of aliphatic hydroxyl groups excluding tert-OH is 1. The normalized spacial score (nSPS) is 14.3. The van der Waals surface area contributed by atoms with E-state index in [-0.39, 0.29) is 25.7 Å². The van der Waals surface area contributed by atoms with Crippen molar-refractivity contribution in [2.75, 3.05) is 39.6 Å². The number of hydrogen-bond acceptors (Lipinski definition) is 15. The summed E-state index contributed by atoms with van der Waals surface area (Å²) in [4.78, 5) is 72.9. The fourth-order valence-corrected chi connectivity index (χ4v) is 13.6. The van der Waals surface area contributed by atoms with Crippen molar-refractivity contribution in [2.45, 2.75) is 420 Å². The van der Waals surface area contributed by atoms with E-state index < -0.39 is 97.5 Å². The van der Waals surface area contributed by atoms with Gasteiger partial charge in [-0.3, -0.25) is 37.3 Å². The number of carbonyl (C=O) groups is 4. The first-order chi connectivity index (χ1) is 47.1. The molecule has 0 aromatic carbocycles. The molecular weight excluding hydrogens is 1280 g/mol. The van der Waals surface area contributed by atoms with Crippen LogP contribution in [0.15, 0.2) is 0 Å². The van der Waals surface area contributed by atoms with Crippen LogP contribution in [0.2, 0.25) is 0 Å². The molecule has 0 saturated heterocycles. The average Bonchev–Trinajstić information content (AvgIpc) is 1.07. The quantitative estimate of drug-likeness (QED) is 0.0222. The van der Waals surface area contributed by atoms with Crippen LogP contribution in [0.5, 0.6) is 0 Å². The molecule has 0 bridgehead atoms. The molecule has 0 heterocycles. The van der Waals surface area contributed by atoms with E-state index in [1.54, 1.807) is 0 Å². The predicted octanol–water partition coefficient (Wildman–Crippen LogP) is 23.2. The third-order valence-corrected chi connectivity index (χ3v) is 20.6. The van der Waals surface area contributed by atoms with Gasteiger partial charge in [0.15, 0.2) is 12.2 Å². The number of carbonyl (C=O) groups excluding carboxylic acids is 4. The Hall–Kier alpha value is -1.94. The van der Waals surface area contributed by atoms with Gasteiger partial charge < -0.3 is 33.8 Å². The lowest BCUT2D eigenvalue weighted by Crippen LogP contribution is -2.30. The van der Waals surface area contributed by atoms with Crippen LogP contribution in [0.4, 0.5) is 0 Å². The first-order valence-corrected chi connectivity index (χ1v) is 43.7. The first-order valence-electron chi connectivity index (χ1n) is 40.7. The molecular formula is C79H154O17P2. The van der Waals surface area contributed by atoms with Gasteiger partial charge in [0.05, 0.1) is 26.4 Å². The van der Waals surface area contributed by atoms with Crippen molar-refractivity contribution >= 4 is 39.5 Å². The van der Waals surface area contributed by atoms with E-state index in [2.05, 4.69) is 55.4 Å². The van der Waals surface area contributed by atoms with Crippen LogP contribution in [0.3, 0.4) is 0 Å². The van der Waals surface area contributed by atoms with Gasteiger partial charge in [-0.1, -0.05) is 351 Å². The van der Waals surface area contributed by atoms with Crippen LogP contribution in [-0.4, -0.2) is 96.7 Å². The van der Waals surface area contributed by atoms with Crippen molar-refractivity contribution < 1.29 is 80.2 Å². The summed E-state index contributed by atoms with van der Waals surface area (Å²) in [6.45, 7) is 14.2. The molecule has 0 amide bonds. The van der Waals surface area contributed by atoms with E-state index in [0.29, 0.717) is 25.7 Å². The Kier molecular flexibility index (Phi) is 66.8. The van der Waals surface area contributed by atoms with Gasteiger partial charge >= 0.3 is 39.5 Å². The minimum Gasteiger partial charge on any atom is -0.462 e. The second-order valence-corrected chi connectivity index (χ2v) is 33.0. The molecule has 582 valence electrons. The lowest BCUT2D eigenvalue weighted by Gasteiger charge is -2.21. The van der Waals surface area contributed by atoms with E-state index in [1.165, 1.54) is 199 Å². The van der Waals surface area contributed by atoms with Gasteiger partial charge in [-0.2, -0.15) is 0 Å². The van der Waals surface area contributed by atoms with Gasteiger partial charge in [0.25, 0.3) is 0 Å². The van der Waals surface area contributed by atoms with Gasteiger partial charge in [-0.05, 0) is 49.4 Å². The van der Waals surface area contributed by atoms with Crippen LogP contribution in [0.25, 0.3) is 0 Å². The fourth-order valence-electron chi connectivity index (χ4n) is 12.0. The number of aliphatic hydroxyl groups is 1. The lowest BCUT2D eigenvalue weighted by molar-refractivity contribution is -0.161. The molecule has 17 nitrogen and oxygen atoms in total. The largest absolute Gasteiger partial charge is 0.472 e. The zero-order valence-electron chi connectivity index (χ0n) is 64.4. The number of phosphoric ester groups is 2. The topological polar surface area (TPSA) is 237 Å². The third kappa shape index (κ3) is 71.1. The van der Waals surface area contributed by atoms with E-state index in [1.807, 2.05) is 0 Å². The second kappa shape index (κ2) is 68.2. The molecule has 0 radical (unpaired) electrons. The van der Waals surface area contributed by atoms with Crippen LogP contribution in [-0.2, 0) is 65.4 Å². The molecule has 98 heavy (non-hydrogen) atoms. The summed E-state index contributed by atoms with van der Waals surface area (Å²) >= 11 is 0. The maximum atomic E-state index is 13.1. The minimum atomic E-state index is -4.96. The maximum Gasteiger partial charge on any atom is 0.472 e. The molecule has 0 fully saturated rings. The molecule has 3 unspecified atom stereocenters. The Bertz CT molecular complexity index is 1920. The Morgan fingerprint density at radius 2 is 0.490 bits per heavy atom. The Morgan fingerprint density at radius 1 is 0.286 bits per heavy atom. The SMILES string of the molecule is CCC(C)CCCCCCCCC(=O)OC[C@H](COP(=O)(O)OC[C@H](O)COP(=O)(O)OC[C@@H](COC(=O)CCCCCCCCCCCCCCCCCC(C)C)OC(=O)CCCCCCCCCCCCCCCC(C)C)OC(=O)CCCCCCCCCCCCCC(C)C. The monoisotopic (exact) mass is 1440 g/mol. The molecule has 0 rings (SSSR count). The highest BCUT2D eigenvalue weighted by atomic mass is 31.2. The predicted molar refractivity (Wildman–Crippen MR) is 400 cm³/mol. The molecule has 0 aliphatic heterocycles. The van der Waals surface area contributed by atoms with Crippen molar-refractivity contribution in [3.8, 4) is 0 Å². The molecule has 0 aromatic heterocycles. The third-order valence-electron chi connectivity index (χ3n) is 18.7. The molecule has 6 atom stereocenters. The molecule has 0 spiro atoms. The Balaban J connectivity index is 5.25. The van der Waals surface area contributed by atoms with Gasteiger partial charge in [0, 0.05) is 25.7 Å². The Morgan fingerprint density at radius 3 is 0.724 bits per heavy atom. The highest BCUT2D eigenvalue weighted by molar-refractivity contribution is 7.47. The number of ether oxygens (including phenoxy) is 4. The van der Waals surface area contributed by atoms with Gasteiger partial charge in [-0.15, -0.1) is 0 Å². The highest BCUT2D eigenvalue weighted by Gasteiger charge is 2.30. The van der Waals surface area contributed by atoms with E-state index in [0.717, 1.165) is 120 Å².